The van der Waals surface area contributed by atoms with Crippen LogP contribution in [0, 0.1) is 6.92 Å². The molecule has 1 heterocycles. The quantitative estimate of drug-likeness (QED) is 0.120. The van der Waals surface area contributed by atoms with Crippen molar-refractivity contribution in [1.29, 1.82) is 0 Å². The van der Waals surface area contributed by atoms with Crippen LogP contribution in [0.2, 0.25) is 0 Å². The van der Waals surface area contributed by atoms with Crippen LogP contribution in [0.1, 0.15) is 76.9 Å². The van der Waals surface area contributed by atoms with Crippen LogP contribution in [0.4, 0.5) is 5.69 Å². The molecule has 0 aromatic heterocycles. The molecule has 7 aromatic carbocycles. The second-order valence-electron chi connectivity index (χ2n) is 12.9. The Balaban J connectivity index is 1.42. The third kappa shape index (κ3) is 3.56. The van der Waals surface area contributed by atoms with E-state index >= 15 is 0 Å². The molecule has 0 radical (unpaired) electrons. The van der Waals surface area contributed by atoms with Crippen LogP contribution in [0.5, 0.6) is 0 Å². The van der Waals surface area contributed by atoms with Crippen molar-refractivity contribution >= 4 is 60.6 Å². The van der Waals surface area contributed by atoms with Crippen LogP contribution in [0.3, 0.4) is 0 Å². The minimum Gasteiger partial charge on any atom is -0.268 e. The van der Waals surface area contributed by atoms with E-state index in [0.717, 1.165) is 49.1 Å². The largest absolute Gasteiger partial charge is 0.268 e. The van der Waals surface area contributed by atoms with Crippen molar-refractivity contribution in [2.24, 2.45) is 0 Å². The molecule has 1 aliphatic heterocycles. The van der Waals surface area contributed by atoms with Gasteiger partial charge in [-0.15, -0.1) is 0 Å². The summed E-state index contributed by atoms with van der Waals surface area (Å²) in [4.78, 5) is 30.4. The molecular weight excluding hydrogens is 538 g/mol. The second-order valence-corrected chi connectivity index (χ2v) is 12.9. The van der Waals surface area contributed by atoms with E-state index < -0.39 is 0 Å². The summed E-state index contributed by atoms with van der Waals surface area (Å²) >= 11 is 0. The van der Waals surface area contributed by atoms with Gasteiger partial charge in [0.1, 0.15) is 0 Å². The summed E-state index contributed by atoms with van der Waals surface area (Å²) in [5.41, 5.74) is 7.56. The van der Waals surface area contributed by atoms with Crippen LogP contribution in [-0.2, 0) is 0 Å². The molecule has 1 aliphatic rings. The maximum atomic E-state index is 14.5. The first kappa shape index (κ1) is 26.6. The van der Waals surface area contributed by atoms with E-state index in [4.69, 9.17) is 0 Å². The van der Waals surface area contributed by atoms with Crippen molar-refractivity contribution < 1.29 is 9.59 Å². The van der Waals surface area contributed by atoms with E-state index in [1.54, 1.807) is 0 Å². The fourth-order valence-corrected chi connectivity index (χ4v) is 7.45. The van der Waals surface area contributed by atoms with Crippen LogP contribution >= 0.6 is 0 Å². The molecule has 44 heavy (non-hydrogen) atoms. The minimum atomic E-state index is -0.250. The topological polar surface area (TPSA) is 37.4 Å². The average molecular weight is 572 g/mol. The molecule has 3 heteroatoms. The Morgan fingerprint density at radius 1 is 0.477 bits per heavy atom. The Labute approximate surface area is 257 Å². The Morgan fingerprint density at radius 2 is 0.955 bits per heavy atom. The lowest BCUT2D eigenvalue weighted by molar-refractivity contribution is 0.0893. The summed E-state index contributed by atoms with van der Waals surface area (Å²) in [5.74, 6) is -0.189. The third-order valence-corrected chi connectivity index (χ3v) is 9.58. The number of carbonyl (C=O) groups is 2. The summed E-state index contributed by atoms with van der Waals surface area (Å²) in [6.07, 6.45) is 0. The standard InChI is InChI=1S/C41H33NO2/c1-22(2)26-8-6-9-27(23(3)4)39(26)42-40(43)34-20-18-32-30-11-7-10-29-28(25-14-12-24(5)13-15-25)16-17-31(36(29)30)33-19-21-35(41(42)44)38(34)37(32)33/h6-23H,1-5H3. The highest BCUT2D eigenvalue weighted by Gasteiger charge is 2.38. The number of anilines is 1. The minimum absolute atomic E-state index is 0.155. The van der Waals surface area contributed by atoms with Crippen molar-refractivity contribution in [3.8, 4) is 11.1 Å². The van der Waals surface area contributed by atoms with E-state index in [2.05, 4.69) is 101 Å². The fraction of sp³-hybridized carbons (Fsp3) is 0.171. The molecule has 3 nitrogen and oxygen atoms in total. The number of nitrogens with zero attached hydrogens (tertiary/aromatic N) is 1. The van der Waals surface area contributed by atoms with Gasteiger partial charge in [-0.1, -0.05) is 118 Å². The normalized spacial score (nSPS) is 13.6. The first-order valence-electron chi connectivity index (χ1n) is 15.5. The van der Waals surface area contributed by atoms with Gasteiger partial charge in [-0.05, 0) is 90.8 Å². The Morgan fingerprint density at radius 3 is 1.52 bits per heavy atom. The summed E-state index contributed by atoms with van der Waals surface area (Å²) in [7, 11) is 0. The molecule has 0 N–H and O–H groups in total. The van der Waals surface area contributed by atoms with Gasteiger partial charge in [0.2, 0.25) is 0 Å². The van der Waals surface area contributed by atoms with Gasteiger partial charge in [-0.2, -0.15) is 0 Å². The van der Waals surface area contributed by atoms with Gasteiger partial charge in [0.05, 0.1) is 5.69 Å². The van der Waals surface area contributed by atoms with Gasteiger partial charge in [-0.25, -0.2) is 4.90 Å². The molecule has 0 saturated heterocycles. The average Bonchev–Trinajstić information content (AvgIpc) is 3.02. The maximum Gasteiger partial charge on any atom is 0.266 e. The first-order valence-corrected chi connectivity index (χ1v) is 15.5. The summed E-state index contributed by atoms with van der Waals surface area (Å²) < 4.78 is 0. The Kier molecular flexibility index (Phi) is 5.74. The second kappa shape index (κ2) is 9.49. The number of hydrogen-bond acceptors (Lipinski definition) is 2. The van der Waals surface area contributed by atoms with E-state index in [1.165, 1.54) is 32.4 Å². The van der Waals surface area contributed by atoms with E-state index in [9.17, 15) is 9.59 Å². The summed E-state index contributed by atoms with van der Waals surface area (Å²) in [6, 6.07) is 33.8. The molecule has 0 unspecified atom stereocenters. The number of aryl methyl sites for hydroxylation is 1. The number of fused-ring (bicyclic) bond motifs is 2. The SMILES string of the molecule is Cc1ccc(-c2ccc3c4ccc5c6c(ccc(c7cccc2c73)c64)C(=O)N(c2c(C(C)C)cccc2C(C)C)C5=O)cc1. The van der Waals surface area contributed by atoms with Crippen molar-refractivity contribution in [3.63, 3.8) is 0 Å². The van der Waals surface area contributed by atoms with E-state index in [-0.39, 0.29) is 23.7 Å². The predicted octanol–water partition coefficient (Wildman–Crippen LogP) is 10.8. The lowest BCUT2D eigenvalue weighted by Crippen LogP contribution is -2.41. The first-order chi connectivity index (χ1) is 21.3. The number of rotatable bonds is 4. The molecule has 0 saturated carbocycles. The van der Waals surface area contributed by atoms with Crippen molar-refractivity contribution in [3.05, 3.63) is 125 Å². The number of hydrogen-bond donors (Lipinski definition) is 0. The summed E-state index contributed by atoms with van der Waals surface area (Å²) in [6.45, 7) is 10.6. The van der Waals surface area contributed by atoms with Crippen molar-refractivity contribution in [2.45, 2.75) is 46.5 Å². The van der Waals surface area contributed by atoms with Gasteiger partial charge >= 0.3 is 0 Å². The molecule has 0 bridgehead atoms. The Bertz CT molecular complexity index is 2230. The molecule has 7 aromatic rings. The smallest absolute Gasteiger partial charge is 0.266 e. The van der Waals surface area contributed by atoms with Gasteiger partial charge in [0.15, 0.2) is 0 Å². The van der Waals surface area contributed by atoms with Gasteiger partial charge < -0.3 is 0 Å². The molecule has 0 fully saturated rings. The lowest BCUT2D eigenvalue weighted by Gasteiger charge is -2.32. The van der Waals surface area contributed by atoms with Crippen LogP contribution in [0.25, 0.3) is 54.2 Å². The Hall–Kier alpha value is -5.02. The third-order valence-electron chi connectivity index (χ3n) is 9.58. The van der Waals surface area contributed by atoms with Gasteiger partial charge in [-0.3, -0.25) is 9.59 Å². The monoisotopic (exact) mass is 571 g/mol. The zero-order valence-corrected chi connectivity index (χ0v) is 25.7. The van der Waals surface area contributed by atoms with Crippen molar-refractivity contribution in [2.75, 3.05) is 4.90 Å². The highest BCUT2D eigenvalue weighted by atomic mass is 16.2. The van der Waals surface area contributed by atoms with E-state index in [0.29, 0.717) is 11.1 Å². The number of benzene rings is 7. The zero-order valence-electron chi connectivity index (χ0n) is 25.7. The lowest BCUT2D eigenvalue weighted by atomic mass is 9.83. The number of imide groups is 1. The van der Waals surface area contributed by atoms with Gasteiger partial charge in [0, 0.05) is 16.5 Å². The maximum absolute atomic E-state index is 14.5. The van der Waals surface area contributed by atoms with Crippen LogP contribution < -0.4 is 4.90 Å². The number of amides is 2. The van der Waals surface area contributed by atoms with Gasteiger partial charge in [0.25, 0.3) is 11.8 Å². The molecule has 0 aliphatic carbocycles. The van der Waals surface area contributed by atoms with Crippen LogP contribution in [0.15, 0.2) is 97.1 Å². The highest BCUT2D eigenvalue weighted by Crippen LogP contribution is 2.47. The fourth-order valence-electron chi connectivity index (χ4n) is 7.45. The zero-order chi connectivity index (χ0) is 30.4. The highest BCUT2D eigenvalue weighted by molar-refractivity contribution is 6.42. The van der Waals surface area contributed by atoms with Crippen LogP contribution in [-0.4, -0.2) is 11.8 Å². The van der Waals surface area contributed by atoms with Crippen molar-refractivity contribution in [1.82, 2.24) is 0 Å². The number of para-hydroxylation sites is 1. The molecule has 2 amide bonds. The molecule has 0 spiro atoms. The molecule has 214 valence electrons. The number of carbonyl (C=O) groups excluding carboxylic acids is 2. The molecule has 0 atom stereocenters. The van der Waals surface area contributed by atoms with E-state index in [1.807, 2.05) is 30.3 Å². The predicted molar refractivity (Wildman–Crippen MR) is 184 cm³/mol. The summed E-state index contributed by atoms with van der Waals surface area (Å²) in [5, 5.41) is 8.58. The molecule has 8 rings (SSSR count). The molecular formula is C41H33NO2.